The van der Waals surface area contributed by atoms with Crippen LogP contribution in [-0.4, -0.2) is 67.2 Å². The minimum absolute atomic E-state index is 0.0193. The summed E-state index contributed by atoms with van der Waals surface area (Å²) in [5.41, 5.74) is 1.77. The molecule has 0 spiro atoms. The fourth-order valence-corrected chi connectivity index (χ4v) is 5.28. The first-order chi connectivity index (χ1) is 12.8. The third kappa shape index (κ3) is 2.98. The average Bonchev–Trinajstić information content (AvgIpc) is 3.13. The number of carbonyl (C=O) groups excluding carboxylic acids is 1. The van der Waals surface area contributed by atoms with Gasteiger partial charge in [0.25, 0.3) is 5.91 Å². The standard InChI is InChI=1S/C19H24N4O2S/c24-19(20-16-12-22-5-3-13(16)4-6-22)18-15-2-1-14(11-17(15)26-21-18)23-7-9-25-10-8-23/h1-2,11,13,16H,3-10,12H2,(H,20,24). The molecule has 5 heterocycles. The molecule has 0 radical (unpaired) electrons. The van der Waals surface area contributed by atoms with E-state index < -0.39 is 0 Å². The second-order valence-electron chi connectivity index (χ2n) is 7.53. The summed E-state index contributed by atoms with van der Waals surface area (Å²) in [4.78, 5) is 17.6. The zero-order valence-corrected chi connectivity index (χ0v) is 15.6. The van der Waals surface area contributed by atoms with Gasteiger partial charge in [-0.15, -0.1) is 0 Å². The van der Waals surface area contributed by atoms with Crippen LogP contribution in [0.15, 0.2) is 18.2 Å². The number of carbonyl (C=O) groups is 1. The molecule has 2 bridgehead atoms. The third-order valence-electron chi connectivity index (χ3n) is 6.02. The summed E-state index contributed by atoms with van der Waals surface area (Å²) in [6.45, 7) is 6.72. The summed E-state index contributed by atoms with van der Waals surface area (Å²) in [6, 6.07) is 6.58. The maximum absolute atomic E-state index is 12.8. The molecule has 6 nitrogen and oxygen atoms in total. The smallest absolute Gasteiger partial charge is 0.271 e. The number of benzene rings is 1. The lowest BCUT2D eigenvalue weighted by Crippen LogP contribution is -2.57. The van der Waals surface area contributed by atoms with Crippen LogP contribution in [0, 0.1) is 5.92 Å². The molecule has 1 aromatic heterocycles. The van der Waals surface area contributed by atoms with Crippen molar-refractivity contribution in [1.82, 2.24) is 14.6 Å². The lowest BCUT2D eigenvalue weighted by atomic mass is 9.84. The van der Waals surface area contributed by atoms with Gasteiger partial charge < -0.3 is 19.9 Å². The summed E-state index contributed by atoms with van der Waals surface area (Å²) in [5, 5.41) is 4.22. The Morgan fingerprint density at radius 3 is 2.73 bits per heavy atom. The van der Waals surface area contributed by atoms with Crippen LogP contribution in [-0.2, 0) is 4.74 Å². The fraction of sp³-hybridized carbons (Fsp3) is 0.579. The molecule has 1 aromatic carbocycles. The Bertz CT molecular complexity index is 809. The number of anilines is 1. The molecule has 0 aliphatic carbocycles. The van der Waals surface area contributed by atoms with Crippen molar-refractivity contribution in [2.45, 2.75) is 18.9 Å². The van der Waals surface area contributed by atoms with Gasteiger partial charge in [0, 0.05) is 36.7 Å². The Kier molecular flexibility index (Phi) is 4.30. The first-order valence-corrected chi connectivity index (χ1v) is 10.3. The number of nitrogens with one attached hydrogen (secondary N) is 1. The number of hydrogen-bond acceptors (Lipinski definition) is 6. The second kappa shape index (κ2) is 6.79. The van der Waals surface area contributed by atoms with Gasteiger partial charge in [-0.3, -0.25) is 4.79 Å². The monoisotopic (exact) mass is 372 g/mol. The average molecular weight is 372 g/mol. The van der Waals surface area contributed by atoms with Crippen molar-refractivity contribution in [3.63, 3.8) is 0 Å². The summed E-state index contributed by atoms with van der Waals surface area (Å²) < 4.78 is 11.0. The zero-order valence-electron chi connectivity index (χ0n) is 14.8. The van der Waals surface area contributed by atoms with Crippen molar-refractivity contribution in [2.24, 2.45) is 5.92 Å². The number of piperidine rings is 3. The normalized spacial score (nSPS) is 28.5. The highest BCUT2D eigenvalue weighted by Crippen LogP contribution is 2.30. The molecular weight excluding hydrogens is 348 g/mol. The van der Waals surface area contributed by atoms with E-state index in [4.69, 9.17) is 4.74 Å². The number of aromatic nitrogens is 1. The number of fused-ring (bicyclic) bond motifs is 4. The topological polar surface area (TPSA) is 57.7 Å². The highest BCUT2D eigenvalue weighted by molar-refractivity contribution is 7.13. The van der Waals surface area contributed by atoms with E-state index in [1.54, 1.807) is 0 Å². The van der Waals surface area contributed by atoms with Gasteiger partial charge in [0.2, 0.25) is 0 Å². The Labute approximate surface area is 157 Å². The molecule has 2 aromatic rings. The van der Waals surface area contributed by atoms with E-state index in [1.807, 2.05) is 0 Å². The molecule has 138 valence electrons. The van der Waals surface area contributed by atoms with Crippen LogP contribution in [0.4, 0.5) is 5.69 Å². The summed E-state index contributed by atoms with van der Waals surface area (Å²) >= 11 is 1.42. The molecule has 6 rings (SSSR count). The van der Waals surface area contributed by atoms with Crippen LogP contribution in [0.2, 0.25) is 0 Å². The van der Waals surface area contributed by atoms with Gasteiger partial charge in [0.15, 0.2) is 0 Å². The minimum Gasteiger partial charge on any atom is -0.378 e. The number of rotatable bonds is 3. The van der Waals surface area contributed by atoms with Crippen molar-refractivity contribution in [3.8, 4) is 0 Å². The van der Waals surface area contributed by atoms with Gasteiger partial charge in [0.05, 0.1) is 17.9 Å². The second-order valence-corrected chi connectivity index (χ2v) is 8.33. The van der Waals surface area contributed by atoms with Crippen LogP contribution in [0.1, 0.15) is 23.3 Å². The highest BCUT2D eigenvalue weighted by Gasteiger charge is 2.35. The van der Waals surface area contributed by atoms with Crippen LogP contribution >= 0.6 is 11.5 Å². The van der Waals surface area contributed by atoms with E-state index in [-0.39, 0.29) is 11.9 Å². The summed E-state index contributed by atoms with van der Waals surface area (Å²) in [6.07, 6.45) is 2.40. The van der Waals surface area contributed by atoms with Crippen LogP contribution in [0.5, 0.6) is 0 Å². The minimum atomic E-state index is -0.0193. The number of nitrogens with zero attached hydrogens (tertiary/aromatic N) is 3. The van der Waals surface area contributed by atoms with Crippen molar-refractivity contribution >= 4 is 33.2 Å². The molecule has 1 atom stereocenters. The van der Waals surface area contributed by atoms with Crippen molar-refractivity contribution in [1.29, 1.82) is 0 Å². The SMILES string of the molecule is O=C(NC1CN2CCC1CC2)c1nsc2cc(N3CCOCC3)ccc12. The number of morpholine rings is 1. The Balaban J connectivity index is 1.34. The number of amides is 1. The van der Waals surface area contributed by atoms with Gasteiger partial charge in [-0.25, -0.2) is 0 Å². The van der Waals surface area contributed by atoms with Gasteiger partial charge in [-0.2, -0.15) is 4.37 Å². The first kappa shape index (κ1) is 16.5. The molecule has 1 unspecified atom stereocenters. The van der Waals surface area contributed by atoms with E-state index >= 15 is 0 Å². The Morgan fingerprint density at radius 2 is 2.00 bits per heavy atom. The van der Waals surface area contributed by atoms with Crippen molar-refractivity contribution in [3.05, 3.63) is 23.9 Å². The number of hydrogen-bond donors (Lipinski definition) is 1. The molecule has 26 heavy (non-hydrogen) atoms. The predicted molar refractivity (Wildman–Crippen MR) is 103 cm³/mol. The lowest BCUT2D eigenvalue weighted by molar-refractivity contribution is 0.0619. The van der Waals surface area contributed by atoms with E-state index in [0.29, 0.717) is 11.6 Å². The lowest BCUT2D eigenvalue weighted by Gasteiger charge is -2.44. The molecular formula is C19H24N4O2S. The predicted octanol–water partition coefficient (Wildman–Crippen LogP) is 1.96. The molecule has 4 aliphatic heterocycles. The van der Waals surface area contributed by atoms with Crippen LogP contribution < -0.4 is 10.2 Å². The highest BCUT2D eigenvalue weighted by atomic mass is 32.1. The molecule has 1 amide bonds. The quantitative estimate of drug-likeness (QED) is 0.893. The fourth-order valence-electron chi connectivity index (χ4n) is 4.47. The summed E-state index contributed by atoms with van der Waals surface area (Å²) in [7, 11) is 0. The Hall–Kier alpha value is -1.70. The van der Waals surface area contributed by atoms with Gasteiger partial charge in [0.1, 0.15) is 5.69 Å². The van der Waals surface area contributed by atoms with Gasteiger partial charge >= 0.3 is 0 Å². The first-order valence-electron chi connectivity index (χ1n) is 9.53. The molecule has 4 aliphatic rings. The van der Waals surface area contributed by atoms with Gasteiger partial charge in [-0.05, 0) is 61.6 Å². The third-order valence-corrected chi connectivity index (χ3v) is 6.83. The van der Waals surface area contributed by atoms with E-state index in [9.17, 15) is 4.79 Å². The van der Waals surface area contributed by atoms with Crippen molar-refractivity contribution < 1.29 is 9.53 Å². The largest absolute Gasteiger partial charge is 0.378 e. The zero-order chi connectivity index (χ0) is 17.5. The van der Waals surface area contributed by atoms with Crippen LogP contribution in [0.3, 0.4) is 0 Å². The molecule has 4 saturated heterocycles. The molecule has 0 saturated carbocycles. The molecule has 1 N–H and O–H groups in total. The number of ether oxygens (including phenoxy) is 1. The van der Waals surface area contributed by atoms with Crippen molar-refractivity contribution in [2.75, 3.05) is 50.8 Å². The van der Waals surface area contributed by atoms with Gasteiger partial charge in [-0.1, -0.05) is 0 Å². The van der Waals surface area contributed by atoms with Crippen LogP contribution in [0.25, 0.3) is 10.1 Å². The molecule has 4 fully saturated rings. The molecule has 7 heteroatoms. The van der Waals surface area contributed by atoms with E-state index in [0.717, 1.165) is 42.9 Å². The maximum atomic E-state index is 12.8. The van der Waals surface area contributed by atoms with E-state index in [1.165, 1.54) is 43.2 Å². The maximum Gasteiger partial charge on any atom is 0.271 e. The Morgan fingerprint density at radius 1 is 1.19 bits per heavy atom. The van der Waals surface area contributed by atoms with E-state index in [2.05, 4.69) is 37.7 Å². The summed E-state index contributed by atoms with van der Waals surface area (Å²) in [5.74, 6) is 0.607.